The van der Waals surface area contributed by atoms with Crippen molar-refractivity contribution in [3.63, 3.8) is 0 Å². The van der Waals surface area contributed by atoms with Gasteiger partial charge in [0.1, 0.15) is 5.69 Å². The Kier molecular flexibility index (Phi) is 7.19. The van der Waals surface area contributed by atoms with E-state index in [-0.39, 0.29) is 17.8 Å². The van der Waals surface area contributed by atoms with Crippen LogP contribution in [0.15, 0.2) is 77.7 Å². The fourth-order valence-electron chi connectivity index (χ4n) is 5.01. The minimum atomic E-state index is -0.993. The van der Waals surface area contributed by atoms with Gasteiger partial charge in [0.25, 0.3) is 0 Å². The van der Waals surface area contributed by atoms with E-state index in [4.69, 9.17) is 0 Å². The van der Waals surface area contributed by atoms with Crippen molar-refractivity contribution in [3.8, 4) is 11.8 Å². The third-order valence-electron chi connectivity index (χ3n) is 7.19. The third kappa shape index (κ3) is 5.83. The number of carboxylic acids is 1. The van der Waals surface area contributed by atoms with Gasteiger partial charge in [-0.15, -0.1) is 11.8 Å². The van der Waals surface area contributed by atoms with Crippen LogP contribution in [0.25, 0.3) is 10.9 Å². The Morgan fingerprint density at radius 1 is 1.05 bits per heavy atom. The van der Waals surface area contributed by atoms with Gasteiger partial charge >= 0.3 is 5.97 Å². The number of nitrogens with zero attached hydrogens (tertiary/aromatic N) is 1. The monoisotopic (exact) mass is 543 g/mol. The highest BCUT2D eigenvalue weighted by atomic mass is 32.2. The van der Waals surface area contributed by atoms with Crippen molar-refractivity contribution < 1.29 is 23.8 Å². The second kappa shape index (κ2) is 10.4. The molecule has 4 nitrogen and oxygen atoms in total. The van der Waals surface area contributed by atoms with Gasteiger partial charge in [-0.05, 0) is 79.6 Å². The highest BCUT2D eigenvalue weighted by Gasteiger charge is 2.55. The van der Waals surface area contributed by atoms with Gasteiger partial charge in [0.2, 0.25) is 0 Å². The Labute approximate surface area is 230 Å². The van der Waals surface area contributed by atoms with E-state index >= 15 is 0 Å². The first-order valence-electron chi connectivity index (χ1n) is 12.6. The summed E-state index contributed by atoms with van der Waals surface area (Å²) in [5.74, 6) is 4.09. The number of aromatic nitrogens is 1. The number of fused-ring (bicyclic) bond motifs is 1. The summed E-state index contributed by atoms with van der Waals surface area (Å²) in [7, 11) is 0. The zero-order valence-corrected chi connectivity index (χ0v) is 22.4. The smallest absolute Gasteiger partial charge is 0.303 e. The van der Waals surface area contributed by atoms with E-state index in [1.54, 1.807) is 37.7 Å². The SMILES string of the molecule is CC(C)(O)c1ccccc1SCC1(c2cccc(C#Cc3ccc4cc(F)c(F)cc4n3)c2)CC1CC(=O)O. The molecule has 1 aromatic heterocycles. The lowest BCUT2D eigenvalue weighted by molar-refractivity contribution is -0.137. The summed E-state index contributed by atoms with van der Waals surface area (Å²) < 4.78 is 27.2. The predicted molar refractivity (Wildman–Crippen MR) is 149 cm³/mol. The van der Waals surface area contributed by atoms with Crippen LogP contribution in [0.2, 0.25) is 0 Å². The average molecular weight is 544 g/mol. The lowest BCUT2D eigenvalue weighted by Gasteiger charge is -2.23. The first kappa shape index (κ1) is 26.9. The van der Waals surface area contributed by atoms with Crippen molar-refractivity contribution in [3.05, 3.63) is 107 Å². The molecule has 3 aromatic carbocycles. The number of hydrogen-bond donors (Lipinski definition) is 2. The number of aliphatic hydroxyl groups is 1. The molecule has 198 valence electrons. The average Bonchev–Trinajstić information content (AvgIpc) is 3.59. The number of carboxylic acid groups (broad SMARTS) is 1. The molecule has 1 aliphatic carbocycles. The molecule has 0 saturated heterocycles. The number of thioether (sulfide) groups is 1. The Morgan fingerprint density at radius 3 is 2.59 bits per heavy atom. The van der Waals surface area contributed by atoms with Crippen LogP contribution in [0, 0.1) is 29.4 Å². The fourth-order valence-corrected chi connectivity index (χ4v) is 6.59. The van der Waals surface area contributed by atoms with Gasteiger partial charge in [-0.25, -0.2) is 13.8 Å². The fraction of sp³-hybridized carbons (Fsp3) is 0.250. The van der Waals surface area contributed by atoms with Crippen molar-refractivity contribution in [1.29, 1.82) is 0 Å². The van der Waals surface area contributed by atoms with Gasteiger partial charge in [-0.2, -0.15) is 0 Å². The molecular formula is C32H27F2NO3S. The molecule has 1 fully saturated rings. The van der Waals surface area contributed by atoms with Gasteiger partial charge in [-0.3, -0.25) is 4.79 Å². The highest BCUT2D eigenvalue weighted by Crippen LogP contribution is 2.58. The maximum Gasteiger partial charge on any atom is 0.303 e. The van der Waals surface area contributed by atoms with Crippen LogP contribution in [-0.4, -0.2) is 26.9 Å². The number of benzene rings is 3. The van der Waals surface area contributed by atoms with E-state index in [1.165, 1.54) is 0 Å². The van der Waals surface area contributed by atoms with E-state index in [0.29, 0.717) is 22.3 Å². The van der Waals surface area contributed by atoms with Crippen LogP contribution in [0.5, 0.6) is 0 Å². The van der Waals surface area contributed by atoms with Crippen LogP contribution < -0.4 is 0 Å². The summed E-state index contributed by atoms with van der Waals surface area (Å²) in [5, 5.41) is 20.6. The summed E-state index contributed by atoms with van der Waals surface area (Å²) >= 11 is 1.63. The van der Waals surface area contributed by atoms with E-state index in [9.17, 15) is 23.8 Å². The molecule has 0 amide bonds. The van der Waals surface area contributed by atoms with Crippen LogP contribution >= 0.6 is 11.8 Å². The number of carbonyl (C=O) groups is 1. The van der Waals surface area contributed by atoms with E-state index in [0.717, 1.165) is 40.1 Å². The molecule has 0 aliphatic heterocycles. The summed E-state index contributed by atoms with van der Waals surface area (Å²) in [6, 6.07) is 21.0. The van der Waals surface area contributed by atoms with Gasteiger partial charge in [0.05, 0.1) is 11.1 Å². The summed E-state index contributed by atoms with van der Waals surface area (Å²) in [4.78, 5) is 16.9. The van der Waals surface area contributed by atoms with Crippen molar-refractivity contribution in [2.24, 2.45) is 5.92 Å². The van der Waals surface area contributed by atoms with Gasteiger partial charge in [0.15, 0.2) is 11.6 Å². The Hall–Kier alpha value is -3.73. The van der Waals surface area contributed by atoms with Crippen LogP contribution in [0.4, 0.5) is 8.78 Å². The molecule has 1 saturated carbocycles. The minimum absolute atomic E-state index is 0.00236. The number of halogens is 2. The van der Waals surface area contributed by atoms with Crippen LogP contribution in [-0.2, 0) is 15.8 Å². The number of aliphatic carboxylic acids is 1. The van der Waals surface area contributed by atoms with E-state index < -0.39 is 23.2 Å². The quantitative estimate of drug-likeness (QED) is 0.201. The number of pyridine rings is 1. The second-order valence-electron chi connectivity index (χ2n) is 10.5. The van der Waals surface area contributed by atoms with Gasteiger partial charge in [-0.1, -0.05) is 36.3 Å². The molecular weight excluding hydrogens is 516 g/mol. The largest absolute Gasteiger partial charge is 0.481 e. The first-order chi connectivity index (χ1) is 18.5. The van der Waals surface area contributed by atoms with Crippen molar-refractivity contribution in [1.82, 2.24) is 4.98 Å². The van der Waals surface area contributed by atoms with Crippen molar-refractivity contribution in [2.45, 2.75) is 42.6 Å². The summed E-state index contributed by atoms with van der Waals surface area (Å²) in [6.45, 7) is 3.52. The Balaban J connectivity index is 1.43. The lowest BCUT2D eigenvalue weighted by Crippen LogP contribution is -2.18. The summed E-state index contributed by atoms with van der Waals surface area (Å²) in [5.41, 5.74) is 2.06. The van der Waals surface area contributed by atoms with Gasteiger partial charge in [0, 0.05) is 39.5 Å². The molecule has 2 unspecified atom stereocenters. The maximum atomic E-state index is 13.7. The standard InChI is InChI=1S/C32H27F2NO3S/c1-31(2,38)25-8-3-4-9-29(25)39-19-32(18-23(32)16-30(36)37)22-7-5-6-20(14-22)10-12-24-13-11-21-15-26(33)27(34)17-28(21)35-24/h3-9,11,13-15,17,23,38H,16,18-19H2,1-2H3,(H,36,37). The van der Waals surface area contributed by atoms with Crippen molar-refractivity contribution >= 4 is 28.6 Å². The van der Waals surface area contributed by atoms with E-state index in [2.05, 4.69) is 16.8 Å². The third-order valence-corrected chi connectivity index (χ3v) is 8.51. The lowest BCUT2D eigenvalue weighted by atomic mass is 9.92. The van der Waals surface area contributed by atoms with Crippen molar-refractivity contribution in [2.75, 3.05) is 5.75 Å². The molecule has 5 rings (SSSR count). The molecule has 4 aromatic rings. The minimum Gasteiger partial charge on any atom is -0.481 e. The first-order valence-corrected chi connectivity index (χ1v) is 13.6. The Morgan fingerprint density at radius 2 is 1.82 bits per heavy atom. The predicted octanol–water partition coefficient (Wildman–Crippen LogP) is 6.66. The molecule has 0 bridgehead atoms. The zero-order chi connectivity index (χ0) is 27.8. The molecule has 1 aliphatic rings. The molecule has 0 radical (unpaired) electrons. The number of rotatable bonds is 7. The summed E-state index contributed by atoms with van der Waals surface area (Å²) in [6.07, 6.45) is 0.837. The number of hydrogen-bond acceptors (Lipinski definition) is 4. The molecule has 7 heteroatoms. The highest BCUT2D eigenvalue weighted by molar-refractivity contribution is 7.99. The van der Waals surface area contributed by atoms with Gasteiger partial charge < -0.3 is 10.2 Å². The second-order valence-corrected chi connectivity index (χ2v) is 11.5. The molecule has 1 heterocycles. The van der Waals surface area contributed by atoms with E-state index in [1.807, 2.05) is 48.5 Å². The Bertz CT molecular complexity index is 1640. The maximum absolute atomic E-state index is 13.7. The van der Waals surface area contributed by atoms with Crippen LogP contribution in [0.1, 0.15) is 49.1 Å². The normalized spacial score (nSPS) is 18.4. The zero-order valence-electron chi connectivity index (χ0n) is 21.5. The molecule has 2 N–H and O–H groups in total. The molecule has 0 spiro atoms. The molecule has 2 atom stereocenters. The molecule has 39 heavy (non-hydrogen) atoms. The topological polar surface area (TPSA) is 70.4 Å². The van der Waals surface area contributed by atoms with Crippen LogP contribution in [0.3, 0.4) is 0 Å².